The summed E-state index contributed by atoms with van der Waals surface area (Å²) in [7, 11) is 0. The van der Waals surface area contributed by atoms with Crippen molar-refractivity contribution in [3.05, 3.63) is 28.2 Å². The maximum atomic E-state index is 11.8. The van der Waals surface area contributed by atoms with E-state index >= 15 is 0 Å². The molecule has 90 valence electrons. The van der Waals surface area contributed by atoms with Gasteiger partial charge in [0.2, 0.25) is 11.8 Å². The lowest BCUT2D eigenvalue weighted by atomic mass is 10.1. The van der Waals surface area contributed by atoms with Crippen LogP contribution in [0.1, 0.15) is 6.42 Å². The third-order valence-corrected chi connectivity index (χ3v) is 3.56. The van der Waals surface area contributed by atoms with Crippen LogP contribution < -0.4 is 10.6 Å². The molecule has 2 N–H and O–H groups in total. The highest BCUT2D eigenvalue weighted by Gasteiger charge is 2.34. The molecule has 1 aliphatic rings. The molecule has 0 saturated carbocycles. The molecule has 1 aromatic carbocycles. The van der Waals surface area contributed by atoms with Crippen LogP contribution in [0.5, 0.6) is 0 Å². The Morgan fingerprint density at radius 3 is 2.71 bits per heavy atom. The number of primary amides is 1. The van der Waals surface area contributed by atoms with Gasteiger partial charge in [0.15, 0.2) is 0 Å². The van der Waals surface area contributed by atoms with Gasteiger partial charge in [-0.2, -0.15) is 0 Å². The number of carbonyl (C=O) groups is 2. The summed E-state index contributed by atoms with van der Waals surface area (Å²) in [5, 5.41) is 0.687. The molecule has 1 saturated heterocycles. The summed E-state index contributed by atoms with van der Waals surface area (Å²) >= 11 is 11.9. The van der Waals surface area contributed by atoms with Crippen molar-refractivity contribution < 1.29 is 9.59 Å². The minimum Gasteiger partial charge on any atom is -0.369 e. The molecule has 1 aromatic rings. The van der Waals surface area contributed by atoms with Crippen LogP contribution in [0.15, 0.2) is 18.2 Å². The first-order valence-corrected chi connectivity index (χ1v) is 5.80. The predicted octanol–water partition coefficient (Wildman–Crippen LogP) is 1.83. The second-order valence-electron chi connectivity index (χ2n) is 3.88. The Labute approximate surface area is 108 Å². The zero-order chi connectivity index (χ0) is 12.6. The van der Waals surface area contributed by atoms with Crippen molar-refractivity contribution in [2.24, 2.45) is 11.7 Å². The van der Waals surface area contributed by atoms with Crippen LogP contribution in [0.25, 0.3) is 0 Å². The standard InChI is InChI=1S/C11H10Cl2N2O2/c12-7-2-1-3-8(10(7)13)15-5-6(11(14)17)4-9(15)16/h1-3,6H,4-5H2,(H2,14,17)/t6-/m0/s1. The number of hydrogen-bond acceptors (Lipinski definition) is 2. The fourth-order valence-electron chi connectivity index (χ4n) is 1.83. The maximum absolute atomic E-state index is 11.8. The summed E-state index contributed by atoms with van der Waals surface area (Å²) in [6, 6.07) is 5.03. The van der Waals surface area contributed by atoms with Gasteiger partial charge in [-0.3, -0.25) is 9.59 Å². The normalized spacial score (nSPS) is 19.8. The summed E-state index contributed by atoms with van der Waals surface area (Å²) in [6.45, 7) is 0.258. The average molecular weight is 273 g/mol. The first-order chi connectivity index (χ1) is 8.00. The Kier molecular flexibility index (Phi) is 3.26. The highest BCUT2D eigenvalue weighted by atomic mass is 35.5. The zero-order valence-corrected chi connectivity index (χ0v) is 10.3. The van der Waals surface area contributed by atoms with Crippen LogP contribution >= 0.6 is 23.2 Å². The van der Waals surface area contributed by atoms with Crippen molar-refractivity contribution in [3.63, 3.8) is 0 Å². The van der Waals surface area contributed by atoms with E-state index < -0.39 is 11.8 Å². The Balaban J connectivity index is 2.32. The number of carbonyl (C=O) groups excluding carboxylic acids is 2. The number of amides is 2. The molecule has 1 aliphatic heterocycles. The molecule has 0 bridgehead atoms. The van der Waals surface area contributed by atoms with Crippen molar-refractivity contribution in [2.45, 2.75) is 6.42 Å². The van der Waals surface area contributed by atoms with Crippen molar-refractivity contribution in [2.75, 3.05) is 11.4 Å². The second-order valence-corrected chi connectivity index (χ2v) is 4.67. The minimum atomic E-state index is -0.473. The molecule has 4 nitrogen and oxygen atoms in total. The quantitative estimate of drug-likeness (QED) is 0.893. The summed E-state index contributed by atoms with van der Waals surface area (Å²) < 4.78 is 0. The molecule has 1 fully saturated rings. The first kappa shape index (κ1) is 12.2. The summed E-state index contributed by atoms with van der Waals surface area (Å²) in [5.41, 5.74) is 5.71. The monoisotopic (exact) mass is 272 g/mol. The van der Waals surface area contributed by atoms with E-state index in [1.807, 2.05) is 0 Å². The Morgan fingerprint density at radius 1 is 1.41 bits per heavy atom. The lowest BCUT2D eigenvalue weighted by Gasteiger charge is -2.18. The van der Waals surface area contributed by atoms with E-state index in [1.165, 1.54) is 4.90 Å². The molecule has 6 heteroatoms. The van der Waals surface area contributed by atoms with E-state index in [-0.39, 0.29) is 18.9 Å². The van der Waals surface area contributed by atoms with E-state index in [4.69, 9.17) is 28.9 Å². The molecule has 2 rings (SSSR count). The van der Waals surface area contributed by atoms with Gasteiger partial charge in [0.25, 0.3) is 0 Å². The number of nitrogens with two attached hydrogens (primary N) is 1. The van der Waals surface area contributed by atoms with E-state index in [1.54, 1.807) is 18.2 Å². The first-order valence-electron chi connectivity index (χ1n) is 5.04. The number of benzene rings is 1. The summed E-state index contributed by atoms with van der Waals surface area (Å²) in [6.07, 6.45) is 0.123. The van der Waals surface area contributed by atoms with Gasteiger partial charge in [0.05, 0.1) is 21.7 Å². The number of nitrogens with zero attached hydrogens (tertiary/aromatic N) is 1. The molecule has 0 spiro atoms. The molecular formula is C11H10Cl2N2O2. The fourth-order valence-corrected chi connectivity index (χ4v) is 2.23. The third-order valence-electron chi connectivity index (χ3n) is 2.75. The van der Waals surface area contributed by atoms with Gasteiger partial charge in [-0.15, -0.1) is 0 Å². The van der Waals surface area contributed by atoms with Crippen LogP contribution in [0.2, 0.25) is 10.0 Å². The Morgan fingerprint density at radius 2 is 2.12 bits per heavy atom. The van der Waals surface area contributed by atoms with Crippen LogP contribution in [0.3, 0.4) is 0 Å². The minimum absolute atomic E-state index is 0.123. The number of hydrogen-bond donors (Lipinski definition) is 1. The number of rotatable bonds is 2. The van der Waals surface area contributed by atoms with E-state index in [9.17, 15) is 9.59 Å². The molecule has 17 heavy (non-hydrogen) atoms. The molecular weight excluding hydrogens is 263 g/mol. The third kappa shape index (κ3) is 2.23. The topological polar surface area (TPSA) is 63.4 Å². The number of halogens is 2. The highest BCUT2D eigenvalue weighted by molar-refractivity contribution is 6.44. The number of anilines is 1. The average Bonchev–Trinajstić information content (AvgIpc) is 2.65. The largest absolute Gasteiger partial charge is 0.369 e. The van der Waals surface area contributed by atoms with Gasteiger partial charge in [0, 0.05) is 13.0 Å². The predicted molar refractivity (Wildman–Crippen MR) is 66.1 cm³/mol. The van der Waals surface area contributed by atoms with Gasteiger partial charge < -0.3 is 10.6 Å². The van der Waals surface area contributed by atoms with Gasteiger partial charge in [-0.1, -0.05) is 29.3 Å². The van der Waals surface area contributed by atoms with Gasteiger partial charge in [-0.05, 0) is 12.1 Å². The van der Waals surface area contributed by atoms with Gasteiger partial charge in [-0.25, -0.2) is 0 Å². The molecule has 2 amide bonds. The molecule has 0 unspecified atom stereocenters. The van der Waals surface area contributed by atoms with Crippen molar-refractivity contribution in [1.82, 2.24) is 0 Å². The molecule has 0 aromatic heterocycles. The summed E-state index contributed by atoms with van der Waals surface area (Å²) in [5.74, 6) is -1.10. The summed E-state index contributed by atoms with van der Waals surface area (Å²) in [4.78, 5) is 24.3. The Hall–Kier alpha value is -1.26. The van der Waals surface area contributed by atoms with Crippen molar-refractivity contribution in [1.29, 1.82) is 0 Å². The van der Waals surface area contributed by atoms with Crippen LogP contribution in [0, 0.1) is 5.92 Å². The SMILES string of the molecule is NC(=O)[C@H]1CC(=O)N(c2cccc(Cl)c2Cl)C1. The van der Waals surface area contributed by atoms with Crippen molar-refractivity contribution >= 4 is 40.7 Å². The van der Waals surface area contributed by atoms with Crippen LogP contribution in [-0.2, 0) is 9.59 Å². The maximum Gasteiger partial charge on any atom is 0.227 e. The van der Waals surface area contributed by atoms with Crippen molar-refractivity contribution in [3.8, 4) is 0 Å². The highest BCUT2D eigenvalue weighted by Crippen LogP contribution is 2.35. The fraction of sp³-hybridized carbons (Fsp3) is 0.273. The molecule has 1 atom stereocenters. The lowest BCUT2D eigenvalue weighted by molar-refractivity contribution is -0.123. The Bertz CT molecular complexity index is 490. The lowest BCUT2D eigenvalue weighted by Crippen LogP contribution is -2.28. The smallest absolute Gasteiger partial charge is 0.227 e. The molecule has 1 heterocycles. The van der Waals surface area contributed by atoms with Crippen LogP contribution in [-0.4, -0.2) is 18.4 Å². The molecule has 0 radical (unpaired) electrons. The zero-order valence-electron chi connectivity index (χ0n) is 8.82. The molecule has 0 aliphatic carbocycles. The second kappa shape index (κ2) is 4.55. The van der Waals surface area contributed by atoms with Crippen LogP contribution in [0.4, 0.5) is 5.69 Å². The van der Waals surface area contributed by atoms with E-state index in [0.717, 1.165) is 0 Å². The van der Waals surface area contributed by atoms with Gasteiger partial charge >= 0.3 is 0 Å². The van der Waals surface area contributed by atoms with E-state index in [0.29, 0.717) is 15.7 Å². The van der Waals surface area contributed by atoms with E-state index in [2.05, 4.69) is 0 Å². The van der Waals surface area contributed by atoms with Gasteiger partial charge in [0.1, 0.15) is 0 Å².